The van der Waals surface area contributed by atoms with Crippen LogP contribution >= 0.6 is 0 Å². The summed E-state index contributed by atoms with van der Waals surface area (Å²) in [6.45, 7) is 3.84. The molecule has 0 saturated heterocycles. The van der Waals surface area contributed by atoms with Crippen molar-refractivity contribution < 1.29 is 37.8 Å². The number of hydrogen-bond donors (Lipinski definition) is 2. The van der Waals surface area contributed by atoms with Crippen molar-refractivity contribution in [1.82, 2.24) is 10.2 Å². The first-order chi connectivity index (χ1) is 20.6. The fourth-order valence-corrected chi connectivity index (χ4v) is 4.56. The van der Waals surface area contributed by atoms with Crippen molar-refractivity contribution in [3.8, 4) is 11.5 Å². The van der Waals surface area contributed by atoms with Crippen molar-refractivity contribution in [1.29, 1.82) is 0 Å². The number of esters is 1. The number of hydrogen-bond acceptors (Lipinski definition) is 8. The van der Waals surface area contributed by atoms with Gasteiger partial charge in [-0.15, -0.1) is 0 Å². The van der Waals surface area contributed by atoms with Crippen LogP contribution in [-0.4, -0.2) is 56.5 Å². The predicted octanol–water partition coefficient (Wildman–Crippen LogP) is 3.78. The normalized spacial score (nSPS) is 13.7. The fraction of sp³-hybridized carbons (Fsp3) is 0.250. The standard InChI is InChI=1S/C32H33N3O8/c1-19-6-9-22(10-7-19)34-30(37)29(36)33-18-24-12-11-23(43-24)17-25-28(32(39)42-5)20(2)35(31(25)38)15-14-21-8-13-26(40-3)27(16-21)41-4/h6-13,16-17H,14-15,18H2,1-5H3,(H,33,36)(H,34,37)/b25-17+. The number of benzene rings is 2. The lowest BCUT2D eigenvalue weighted by Crippen LogP contribution is -2.34. The Morgan fingerprint density at radius 3 is 2.30 bits per heavy atom. The highest BCUT2D eigenvalue weighted by Gasteiger charge is 2.37. The third kappa shape index (κ3) is 7.13. The summed E-state index contributed by atoms with van der Waals surface area (Å²) >= 11 is 0. The largest absolute Gasteiger partial charge is 0.493 e. The van der Waals surface area contributed by atoms with Crippen LogP contribution in [0.3, 0.4) is 0 Å². The quantitative estimate of drug-likeness (QED) is 0.208. The van der Waals surface area contributed by atoms with Crippen molar-refractivity contribution in [2.24, 2.45) is 0 Å². The van der Waals surface area contributed by atoms with Gasteiger partial charge in [-0.2, -0.15) is 0 Å². The molecule has 1 aromatic heterocycles. The highest BCUT2D eigenvalue weighted by atomic mass is 16.5. The summed E-state index contributed by atoms with van der Waals surface area (Å²) in [4.78, 5) is 52.2. The van der Waals surface area contributed by atoms with Gasteiger partial charge < -0.3 is 34.2 Å². The Labute approximate surface area is 249 Å². The maximum Gasteiger partial charge on any atom is 0.340 e. The zero-order valence-electron chi connectivity index (χ0n) is 24.6. The fourth-order valence-electron chi connectivity index (χ4n) is 4.56. The van der Waals surface area contributed by atoms with Gasteiger partial charge in [-0.1, -0.05) is 23.8 Å². The number of rotatable bonds is 10. The molecule has 224 valence electrons. The maximum atomic E-state index is 13.5. The molecule has 4 rings (SSSR count). The lowest BCUT2D eigenvalue weighted by atomic mass is 10.1. The Hall–Kier alpha value is -5.32. The van der Waals surface area contributed by atoms with Crippen molar-refractivity contribution in [2.75, 3.05) is 33.2 Å². The molecule has 2 N–H and O–H groups in total. The van der Waals surface area contributed by atoms with E-state index in [1.807, 2.05) is 31.2 Å². The second-order valence-electron chi connectivity index (χ2n) is 9.71. The monoisotopic (exact) mass is 587 g/mol. The number of nitrogens with zero attached hydrogens (tertiary/aromatic N) is 1. The first kappa shape index (κ1) is 30.6. The third-order valence-electron chi connectivity index (χ3n) is 6.88. The Morgan fingerprint density at radius 2 is 1.63 bits per heavy atom. The van der Waals surface area contributed by atoms with Crippen LogP contribution in [0.1, 0.15) is 29.6 Å². The van der Waals surface area contributed by atoms with E-state index in [1.165, 1.54) is 18.1 Å². The van der Waals surface area contributed by atoms with Gasteiger partial charge in [0.2, 0.25) is 0 Å². The van der Waals surface area contributed by atoms with Gasteiger partial charge >= 0.3 is 17.8 Å². The van der Waals surface area contributed by atoms with Gasteiger partial charge in [-0.05, 0) is 68.3 Å². The number of methoxy groups -OCH3 is 3. The van der Waals surface area contributed by atoms with Crippen LogP contribution in [-0.2, 0) is 36.9 Å². The number of carbonyl (C=O) groups excluding carboxylic acids is 4. The molecular weight excluding hydrogens is 554 g/mol. The highest BCUT2D eigenvalue weighted by Crippen LogP contribution is 2.33. The Morgan fingerprint density at radius 1 is 0.907 bits per heavy atom. The van der Waals surface area contributed by atoms with E-state index in [9.17, 15) is 19.2 Å². The Kier molecular flexibility index (Phi) is 9.66. The molecule has 0 unspecified atom stereocenters. The molecule has 0 bridgehead atoms. The second kappa shape index (κ2) is 13.6. The topological polar surface area (TPSA) is 136 Å². The van der Waals surface area contributed by atoms with Crippen LogP contribution in [0, 0.1) is 6.92 Å². The molecule has 43 heavy (non-hydrogen) atoms. The van der Waals surface area contributed by atoms with Gasteiger partial charge in [-0.3, -0.25) is 14.4 Å². The van der Waals surface area contributed by atoms with Crippen LogP contribution in [0.25, 0.3) is 6.08 Å². The molecular formula is C32H33N3O8. The van der Waals surface area contributed by atoms with E-state index >= 15 is 0 Å². The molecule has 0 fully saturated rings. The third-order valence-corrected chi connectivity index (χ3v) is 6.88. The molecule has 0 saturated carbocycles. The molecule has 1 aliphatic heterocycles. The molecule has 0 atom stereocenters. The minimum absolute atomic E-state index is 0.0621. The lowest BCUT2D eigenvalue weighted by molar-refractivity contribution is -0.136. The van der Waals surface area contributed by atoms with Crippen LogP contribution < -0.4 is 20.1 Å². The number of anilines is 1. The SMILES string of the molecule is COC(=O)C1=C(C)N(CCc2ccc(OC)c(OC)c2)C(=O)/C1=C/c1ccc(CNC(=O)C(=O)Nc2ccc(C)cc2)o1. The summed E-state index contributed by atoms with van der Waals surface area (Å²) in [6, 6.07) is 15.8. The van der Waals surface area contributed by atoms with Crippen molar-refractivity contribution in [3.63, 3.8) is 0 Å². The summed E-state index contributed by atoms with van der Waals surface area (Å²) in [5.74, 6) is -0.868. The molecule has 0 aliphatic carbocycles. The van der Waals surface area contributed by atoms with Gasteiger partial charge in [0.1, 0.15) is 11.5 Å². The summed E-state index contributed by atoms with van der Waals surface area (Å²) in [5.41, 5.74) is 3.17. The number of nitrogens with one attached hydrogen (secondary N) is 2. The van der Waals surface area contributed by atoms with Crippen LogP contribution in [0.15, 0.2) is 75.9 Å². The summed E-state index contributed by atoms with van der Waals surface area (Å²) in [5, 5.41) is 5.03. The predicted molar refractivity (Wildman–Crippen MR) is 158 cm³/mol. The van der Waals surface area contributed by atoms with E-state index in [-0.39, 0.29) is 29.4 Å². The molecule has 11 heteroatoms. The van der Waals surface area contributed by atoms with Gasteiger partial charge in [0.25, 0.3) is 5.91 Å². The summed E-state index contributed by atoms with van der Waals surface area (Å²) < 4.78 is 21.4. The van der Waals surface area contributed by atoms with E-state index in [2.05, 4.69) is 10.6 Å². The number of amides is 3. The van der Waals surface area contributed by atoms with Crippen molar-refractivity contribution >= 4 is 35.5 Å². The molecule has 1 aliphatic rings. The Balaban J connectivity index is 1.44. The number of carbonyl (C=O) groups is 4. The van der Waals surface area contributed by atoms with Crippen LogP contribution in [0.5, 0.6) is 11.5 Å². The number of aryl methyl sites for hydroxylation is 1. The van der Waals surface area contributed by atoms with Gasteiger partial charge in [0.15, 0.2) is 11.5 Å². The van der Waals surface area contributed by atoms with Gasteiger partial charge in [0, 0.05) is 17.9 Å². The minimum Gasteiger partial charge on any atom is -0.493 e. The number of furan rings is 1. The molecule has 0 spiro atoms. The maximum absolute atomic E-state index is 13.5. The molecule has 2 heterocycles. The molecule has 11 nitrogen and oxygen atoms in total. The first-order valence-electron chi connectivity index (χ1n) is 13.4. The van der Waals surface area contributed by atoms with Gasteiger partial charge in [0.05, 0.1) is 39.0 Å². The average Bonchev–Trinajstić information content (AvgIpc) is 3.56. The first-order valence-corrected chi connectivity index (χ1v) is 13.4. The molecule has 0 radical (unpaired) electrons. The Bertz CT molecular complexity index is 1600. The number of allylic oxidation sites excluding steroid dienone is 1. The summed E-state index contributed by atoms with van der Waals surface area (Å²) in [7, 11) is 4.36. The van der Waals surface area contributed by atoms with Crippen LogP contribution in [0.4, 0.5) is 5.69 Å². The van der Waals surface area contributed by atoms with E-state index in [1.54, 1.807) is 51.5 Å². The molecule has 2 aromatic carbocycles. The van der Waals surface area contributed by atoms with E-state index < -0.39 is 17.8 Å². The van der Waals surface area contributed by atoms with E-state index in [0.29, 0.717) is 41.6 Å². The summed E-state index contributed by atoms with van der Waals surface area (Å²) in [6.07, 6.45) is 1.96. The van der Waals surface area contributed by atoms with Crippen molar-refractivity contribution in [2.45, 2.75) is 26.8 Å². The van der Waals surface area contributed by atoms with E-state index in [4.69, 9.17) is 18.6 Å². The number of ether oxygens (including phenoxy) is 3. The second-order valence-corrected chi connectivity index (χ2v) is 9.71. The van der Waals surface area contributed by atoms with Crippen LogP contribution in [0.2, 0.25) is 0 Å². The zero-order valence-corrected chi connectivity index (χ0v) is 24.6. The highest BCUT2D eigenvalue weighted by molar-refractivity contribution is 6.39. The zero-order chi connectivity index (χ0) is 31.1. The minimum atomic E-state index is -0.834. The smallest absolute Gasteiger partial charge is 0.340 e. The van der Waals surface area contributed by atoms with Crippen molar-refractivity contribution in [3.05, 3.63) is 94.1 Å². The average molecular weight is 588 g/mol. The lowest BCUT2D eigenvalue weighted by Gasteiger charge is -2.18. The van der Waals surface area contributed by atoms with Gasteiger partial charge in [-0.25, -0.2) is 4.79 Å². The molecule has 3 aromatic rings. The van der Waals surface area contributed by atoms with E-state index in [0.717, 1.165) is 11.1 Å². The molecule has 3 amide bonds.